The number of H-pyrrole nitrogens is 1. The van der Waals surface area contributed by atoms with Gasteiger partial charge >= 0.3 is 0 Å². The van der Waals surface area contributed by atoms with Crippen molar-refractivity contribution in [2.24, 2.45) is 0 Å². The molecule has 7 heteroatoms. The molecule has 1 aromatic heterocycles. The Hall–Kier alpha value is -2.50. The van der Waals surface area contributed by atoms with Gasteiger partial charge < -0.3 is 9.88 Å². The van der Waals surface area contributed by atoms with Gasteiger partial charge in [0.15, 0.2) is 0 Å². The molecule has 0 atom stereocenters. The Labute approximate surface area is 227 Å². The van der Waals surface area contributed by atoms with Crippen molar-refractivity contribution in [3.63, 3.8) is 0 Å². The van der Waals surface area contributed by atoms with Crippen molar-refractivity contribution in [1.82, 2.24) is 14.8 Å². The number of carbonyl (C=O) groups is 1. The number of hydrogen-bond acceptors (Lipinski definition) is 2. The van der Waals surface area contributed by atoms with E-state index in [9.17, 15) is 4.79 Å². The Kier molecular flexibility index (Phi) is 8.97. The van der Waals surface area contributed by atoms with Gasteiger partial charge in [-0.2, -0.15) is 0 Å². The molecule has 0 saturated carbocycles. The van der Waals surface area contributed by atoms with Crippen LogP contribution in [0.15, 0.2) is 72.9 Å². The highest BCUT2D eigenvalue weighted by Gasteiger charge is 2.21. The molecule has 1 amide bonds. The zero-order chi connectivity index (χ0) is 25.7. The number of fused-ring (bicyclic) bond motifs is 1. The Morgan fingerprint density at radius 3 is 2.42 bits per heavy atom. The van der Waals surface area contributed by atoms with E-state index in [0.29, 0.717) is 41.2 Å². The summed E-state index contributed by atoms with van der Waals surface area (Å²) in [4.78, 5) is 21.1. The van der Waals surface area contributed by atoms with E-state index in [-0.39, 0.29) is 11.9 Å². The molecular formula is C29H30Cl3N3O. The molecule has 4 rings (SSSR count). The van der Waals surface area contributed by atoms with Crippen LogP contribution in [-0.4, -0.2) is 39.8 Å². The molecule has 0 aliphatic rings. The maximum atomic E-state index is 13.7. The number of benzene rings is 3. The van der Waals surface area contributed by atoms with Gasteiger partial charge in [0, 0.05) is 47.8 Å². The summed E-state index contributed by atoms with van der Waals surface area (Å²) in [5.41, 5.74) is 4.32. The highest BCUT2D eigenvalue weighted by atomic mass is 35.5. The molecule has 0 radical (unpaired) electrons. The molecule has 188 valence electrons. The van der Waals surface area contributed by atoms with Crippen molar-refractivity contribution >= 4 is 51.6 Å². The maximum Gasteiger partial charge on any atom is 0.237 e. The van der Waals surface area contributed by atoms with Crippen molar-refractivity contribution < 1.29 is 4.79 Å². The Bertz CT molecular complexity index is 1330. The van der Waals surface area contributed by atoms with Crippen LogP contribution in [0.1, 0.15) is 30.5 Å². The van der Waals surface area contributed by atoms with Gasteiger partial charge in [-0.05, 0) is 67.3 Å². The molecule has 3 aromatic carbocycles. The highest BCUT2D eigenvalue weighted by molar-refractivity contribution is 6.42. The van der Waals surface area contributed by atoms with Gasteiger partial charge in [0.2, 0.25) is 5.91 Å². The van der Waals surface area contributed by atoms with Crippen LogP contribution in [0.25, 0.3) is 10.9 Å². The SMILES string of the molecule is CC(C)N(CC(=O)N(CCc1c[nH]c2ccccc12)Cc1ccc(Cl)c(Cl)c1)Cc1cccc(Cl)c1. The largest absolute Gasteiger partial charge is 0.361 e. The average molecular weight is 543 g/mol. The van der Waals surface area contributed by atoms with Gasteiger partial charge in [-0.1, -0.05) is 71.2 Å². The van der Waals surface area contributed by atoms with E-state index in [1.807, 2.05) is 59.6 Å². The topological polar surface area (TPSA) is 39.3 Å². The van der Waals surface area contributed by atoms with E-state index in [2.05, 4.69) is 35.9 Å². The van der Waals surface area contributed by atoms with Crippen LogP contribution >= 0.6 is 34.8 Å². The third-order valence-electron chi connectivity index (χ3n) is 6.38. The number of halogens is 3. The van der Waals surface area contributed by atoms with E-state index < -0.39 is 0 Å². The van der Waals surface area contributed by atoms with Crippen LogP contribution in [0, 0.1) is 0 Å². The second-order valence-corrected chi connectivity index (χ2v) is 10.6. The summed E-state index contributed by atoms with van der Waals surface area (Å²) < 4.78 is 0. The first-order chi connectivity index (χ1) is 17.3. The standard InChI is InChI=1S/C29H30Cl3N3O/c1-20(2)35(18-21-6-5-7-24(30)14-21)19-29(36)34(17-22-10-11-26(31)27(32)15-22)13-12-23-16-33-28-9-4-3-8-25(23)28/h3-11,14-16,20,33H,12-13,17-19H2,1-2H3. The number of amides is 1. The van der Waals surface area contributed by atoms with Gasteiger partial charge in [-0.15, -0.1) is 0 Å². The number of para-hydroxylation sites is 1. The number of hydrogen-bond donors (Lipinski definition) is 1. The van der Waals surface area contributed by atoms with Crippen LogP contribution in [0.2, 0.25) is 15.1 Å². The zero-order valence-corrected chi connectivity index (χ0v) is 22.7. The van der Waals surface area contributed by atoms with E-state index in [1.165, 1.54) is 10.9 Å². The minimum Gasteiger partial charge on any atom is -0.361 e. The molecule has 0 fully saturated rings. The van der Waals surface area contributed by atoms with Crippen LogP contribution in [-0.2, 0) is 24.3 Å². The van der Waals surface area contributed by atoms with E-state index in [0.717, 1.165) is 23.1 Å². The van der Waals surface area contributed by atoms with Crippen LogP contribution in [0.4, 0.5) is 0 Å². The maximum absolute atomic E-state index is 13.7. The van der Waals surface area contributed by atoms with Gasteiger partial charge in [0.05, 0.1) is 16.6 Å². The molecular weight excluding hydrogens is 513 g/mol. The minimum atomic E-state index is 0.0663. The lowest BCUT2D eigenvalue weighted by Gasteiger charge is -2.30. The quantitative estimate of drug-likeness (QED) is 0.224. The molecule has 0 spiro atoms. The number of aromatic amines is 1. The van der Waals surface area contributed by atoms with Crippen LogP contribution in [0.5, 0.6) is 0 Å². The van der Waals surface area contributed by atoms with E-state index >= 15 is 0 Å². The van der Waals surface area contributed by atoms with Gasteiger partial charge in [0.25, 0.3) is 0 Å². The summed E-state index contributed by atoms with van der Waals surface area (Å²) in [6.07, 6.45) is 2.78. The monoisotopic (exact) mass is 541 g/mol. The molecule has 1 heterocycles. The molecule has 0 unspecified atom stereocenters. The van der Waals surface area contributed by atoms with Crippen molar-refractivity contribution in [3.8, 4) is 0 Å². The van der Waals surface area contributed by atoms with Crippen molar-refractivity contribution in [2.75, 3.05) is 13.1 Å². The predicted molar refractivity (Wildman–Crippen MR) is 151 cm³/mol. The second kappa shape index (κ2) is 12.2. The molecule has 0 aliphatic heterocycles. The summed E-state index contributed by atoms with van der Waals surface area (Å²) in [7, 11) is 0. The minimum absolute atomic E-state index is 0.0663. The fraction of sp³-hybridized carbons (Fsp3) is 0.276. The summed E-state index contributed by atoms with van der Waals surface area (Å²) in [6, 6.07) is 21.7. The second-order valence-electron chi connectivity index (χ2n) is 9.30. The molecule has 36 heavy (non-hydrogen) atoms. The number of carbonyl (C=O) groups excluding carboxylic acids is 1. The molecule has 0 saturated heterocycles. The third-order valence-corrected chi connectivity index (χ3v) is 7.35. The number of rotatable bonds is 10. The fourth-order valence-electron chi connectivity index (χ4n) is 4.31. The predicted octanol–water partition coefficient (Wildman–Crippen LogP) is 7.61. The van der Waals surface area contributed by atoms with Gasteiger partial charge in [-0.3, -0.25) is 9.69 Å². The summed E-state index contributed by atoms with van der Waals surface area (Å²) in [6.45, 7) is 6.21. The average Bonchev–Trinajstić information content (AvgIpc) is 3.26. The lowest BCUT2D eigenvalue weighted by atomic mass is 10.1. The lowest BCUT2D eigenvalue weighted by Crippen LogP contribution is -2.43. The number of nitrogens with one attached hydrogen (secondary N) is 1. The Morgan fingerprint density at radius 2 is 1.67 bits per heavy atom. The summed E-state index contributed by atoms with van der Waals surface area (Å²) in [5, 5.41) is 2.87. The fourth-order valence-corrected chi connectivity index (χ4v) is 4.84. The highest BCUT2D eigenvalue weighted by Crippen LogP contribution is 2.24. The van der Waals surface area contributed by atoms with Crippen molar-refractivity contribution in [1.29, 1.82) is 0 Å². The normalized spacial score (nSPS) is 11.5. The van der Waals surface area contributed by atoms with Gasteiger partial charge in [0.1, 0.15) is 0 Å². The molecule has 4 nitrogen and oxygen atoms in total. The van der Waals surface area contributed by atoms with Crippen LogP contribution in [0.3, 0.4) is 0 Å². The first kappa shape index (κ1) is 26.6. The lowest BCUT2D eigenvalue weighted by molar-refractivity contribution is -0.133. The van der Waals surface area contributed by atoms with E-state index in [1.54, 1.807) is 6.07 Å². The smallest absolute Gasteiger partial charge is 0.237 e. The molecule has 0 aliphatic carbocycles. The Balaban J connectivity index is 1.53. The van der Waals surface area contributed by atoms with Gasteiger partial charge in [-0.25, -0.2) is 0 Å². The third kappa shape index (κ3) is 6.83. The van der Waals surface area contributed by atoms with E-state index in [4.69, 9.17) is 34.8 Å². The first-order valence-electron chi connectivity index (χ1n) is 12.1. The first-order valence-corrected chi connectivity index (χ1v) is 13.2. The number of aromatic nitrogens is 1. The number of nitrogens with zero attached hydrogens (tertiary/aromatic N) is 2. The molecule has 4 aromatic rings. The van der Waals surface area contributed by atoms with Crippen molar-refractivity contribution in [3.05, 3.63) is 105 Å². The molecule has 1 N–H and O–H groups in total. The summed E-state index contributed by atoms with van der Waals surface area (Å²) in [5.74, 6) is 0.0663. The van der Waals surface area contributed by atoms with Crippen LogP contribution < -0.4 is 0 Å². The Morgan fingerprint density at radius 1 is 0.889 bits per heavy atom. The zero-order valence-electron chi connectivity index (χ0n) is 20.5. The van der Waals surface area contributed by atoms with Crippen molar-refractivity contribution in [2.45, 2.75) is 39.4 Å². The summed E-state index contributed by atoms with van der Waals surface area (Å²) >= 11 is 18.6. The molecule has 0 bridgehead atoms.